The minimum absolute atomic E-state index is 0.279. The number of nitrogens with zero attached hydrogens (tertiary/aromatic N) is 1. The average Bonchev–Trinajstić information content (AvgIpc) is 3.13. The molecule has 1 aromatic heterocycles. The van der Waals surface area contributed by atoms with E-state index in [1.165, 1.54) is 6.20 Å². The second-order valence-electron chi connectivity index (χ2n) is 7.23. The lowest BCUT2D eigenvalue weighted by molar-refractivity contribution is -0.0582. The maximum absolute atomic E-state index is 12.6. The van der Waals surface area contributed by atoms with Crippen LogP contribution in [0, 0.1) is 0 Å². The molecule has 10 heteroatoms. The summed E-state index contributed by atoms with van der Waals surface area (Å²) in [7, 11) is 0. The van der Waals surface area contributed by atoms with Crippen LogP contribution >= 0.6 is 11.6 Å². The van der Waals surface area contributed by atoms with E-state index in [1.807, 2.05) is 0 Å². The molecular formula is C23H19ClN2O7. The van der Waals surface area contributed by atoms with Crippen LogP contribution in [0.5, 0.6) is 0 Å². The first-order valence-electron chi connectivity index (χ1n) is 10.0. The fraction of sp³-hybridized carbons (Fsp3) is 0.217. The molecule has 33 heavy (non-hydrogen) atoms. The number of H-pyrrole nitrogens is 1. The molecule has 3 aromatic rings. The Balaban J connectivity index is 1.56. The van der Waals surface area contributed by atoms with E-state index in [-0.39, 0.29) is 6.61 Å². The molecule has 170 valence electrons. The van der Waals surface area contributed by atoms with E-state index in [4.69, 9.17) is 25.8 Å². The van der Waals surface area contributed by atoms with Crippen LogP contribution in [-0.4, -0.2) is 45.7 Å². The maximum Gasteiger partial charge on any atom is 0.338 e. The highest BCUT2D eigenvalue weighted by molar-refractivity contribution is 6.21. The zero-order chi connectivity index (χ0) is 23.4. The molecule has 4 rings (SSSR count). The minimum atomic E-state index is -1.08. The average molecular weight is 471 g/mol. The van der Waals surface area contributed by atoms with Crippen LogP contribution in [0.2, 0.25) is 0 Å². The number of ether oxygens (including phenoxy) is 3. The first kappa shape index (κ1) is 22.5. The standard InChI is InChI=1S/C23H19ClN2O7/c24-18-19(33-22(29)15-9-5-2-6-10-15)16(13-31-21(28)14-7-3-1-4-8-14)32-20(18)26-12-11-17(27)25-23(26)30/h1-12,16,18-20H,13H2,(H,25,27,30)/t16-,18-,19-,20?/m0/s1. The summed E-state index contributed by atoms with van der Waals surface area (Å²) in [6, 6.07) is 17.8. The lowest BCUT2D eigenvalue weighted by Crippen LogP contribution is -2.38. The largest absolute Gasteiger partial charge is 0.459 e. The number of benzene rings is 2. The molecule has 0 amide bonds. The van der Waals surface area contributed by atoms with Crippen molar-refractivity contribution >= 4 is 23.5 Å². The monoisotopic (exact) mass is 470 g/mol. The van der Waals surface area contributed by atoms with Gasteiger partial charge in [-0.2, -0.15) is 0 Å². The van der Waals surface area contributed by atoms with E-state index < -0.39 is 47.0 Å². The summed E-state index contributed by atoms with van der Waals surface area (Å²) in [6.45, 7) is -0.279. The molecule has 0 bridgehead atoms. The summed E-state index contributed by atoms with van der Waals surface area (Å²) < 4.78 is 17.9. The number of alkyl halides is 1. The van der Waals surface area contributed by atoms with E-state index in [0.29, 0.717) is 11.1 Å². The van der Waals surface area contributed by atoms with Crippen LogP contribution in [0.4, 0.5) is 0 Å². The molecule has 9 nitrogen and oxygen atoms in total. The first-order valence-corrected chi connectivity index (χ1v) is 10.5. The van der Waals surface area contributed by atoms with Crippen molar-refractivity contribution < 1.29 is 23.8 Å². The summed E-state index contributed by atoms with van der Waals surface area (Å²) in [5, 5.41) is -1.01. The summed E-state index contributed by atoms with van der Waals surface area (Å²) >= 11 is 6.55. The summed E-state index contributed by atoms with van der Waals surface area (Å²) in [5.74, 6) is -1.24. The van der Waals surface area contributed by atoms with Crippen molar-refractivity contribution in [2.75, 3.05) is 6.61 Å². The second-order valence-corrected chi connectivity index (χ2v) is 7.73. The number of aromatic nitrogens is 2. The highest BCUT2D eigenvalue weighted by atomic mass is 35.5. The van der Waals surface area contributed by atoms with E-state index in [9.17, 15) is 19.2 Å². The van der Waals surface area contributed by atoms with Gasteiger partial charge in [0.15, 0.2) is 12.3 Å². The molecule has 2 aromatic carbocycles. The number of carbonyl (C=O) groups excluding carboxylic acids is 2. The Morgan fingerprint density at radius 3 is 2.15 bits per heavy atom. The van der Waals surface area contributed by atoms with E-state index in [1.54, 1.807) is 60.7 Å². The van der Waals surface area contributed by atoms with Gasteiger partial charge in [-0.1, -0.05) is 36.4 Å². The maximum atomic E-state index is 12.6. The Hall–Kier alpha value is -3.69. The third-order valence-electron chi connectivity index (χ3n) is 5.03. The molecule has 1 N–H and O–H groups in total. The topological polar surface area (TPSA) is 117 Å². The van der Waals surface area contributed by atoms with Crippen LogP contribution in [0.15, 0.2) is 82.5 Å². The van der Waals surface area contributed by atoms with Crippen molar-refractivity contribution in [2.24, 2.45) is 0 Å². The summed E-state index contributed by atoms with van der Waals surface area (Å²) in [4.78, 5) is 50.8. The van der Waals surface area contributed by atoms with Gasteiger partial charge in [0.1, 0.15) is 18.1 Å². The highest BCUT2D eigenvalue weighted by Gasteiger charge is 2.48. The summed E-state index contributed by atoms with van der Waals surface area (Å²) in [6.07, 6.45) is -1.86. The van der Waals surface area contributed by atoms with Gasteiger partial charge in [-0.3, -0.25) is 14.3 Å². The third kappa shape index (κ3) is 5.05. The Bertz CT molecular complexity index is 1240. The van der Waals surface area contributed by atoms with Crippen molar-refractivity contribution in [3.63, 3.8) is 0 Å². The van der Waals surface area contributed by atoms with E-state index in [2.05, 4.69) is 4.98 Å². The van der Waals surface area contributed by atoms with Crippen LogP contribution < -0.4 is 11.2 Å². The fourth-order valence-electron chi connectivity index (χ4n) is 3.40. The molecule has 1 fully saturated rings. The quantitative estimate of drug-likeness (QED) is 0.433. The van der Waals surface area contributed by atoms with Gasteiger partial charge in [0.05, 0.1) is 11.1 Å². The number of nitrogens with one attached hydrogen (secondary N) is 1. The molecule has 2 heterocycles. The van der Waals surface area contributed by atoms with Gasteiger partial charge in [-0.25, -0.2) is 14.4 Å². The fourth-order valence-corrected chi connectivity index (χ4v) is 3.80. The van der Waals surface area contributed by atoms with Crippen LogP contribution in [0.3, 0.4) is 0 Å². The predicted molar refractivity (Wildman–Crippen MR) is 117 cm³/mol. The van der Waals surface area contributed by atoms with Crippen LogP contribution in [0.25, 0.3) is 0 Å². The first-order chi connectivity index (χ1) is 15.9. The van der Waals surface area contributed by atoms with Crippen LogP contribution in [0.1, 0.15) is 26.9 Å². The van der Waals surface area contributed by atoms with Gasteiger partial charge in [-0.15, -0.1) is 11.6 Å². The molecule has 4 atom stereocenters. The molecule has 0 saturated carbocycles. The molecule has 0 radical (unpaired) electrons. The normalized spacial score (nSPS) is 22.0. The lowest BCUT2D eigenvalue weighted by Gasteiger charge is -2.20. The van der Waals surface area contributed by atoms with Gasteiger partial charge in [0.25, 0.3) is 5.56 Å². The Kier molecular flexibility index (Phi) is 6.71. The van der Waals surface area contributed by atoms with Gasteiger partial charge in [-0.05, 0) is 24.3 Å². The second kappa shape index (κ2) is 9.85. The smallest absolute Gasteiger partial charge is 0.338 e. The molecule has 1 aliphatic heterocycles. The SMILES string of the molecule is O=C(OC[C@@H]1OC(n2ccc(=O)[nH]c2=O)[C@@H](Cl)[C@H]1OC(=O)c1ccccc1)c1ccccc1. The van der Waals surface area contributed by atoms with Crippen molar-refractivity contribution in [3.05, 3.63) is 105 Å². The van der Waals surface area contributed by atoms with Crippen LogP contribution in [-0.2, 0) is 14.2 Å². The summed E-state index contributed by atoms with van der Waals surface area (Å²) in [5.41, 5.74) is -0.691. The zero-order valence-corrected chi connectivity index (χ0v) is 17.9. The molecule has 1 aliphatic rings. The number of aromatic amines is 1. The zero-order valence-electron chi connectivity index (χ0n) is 17.1. The van der Waals surface area contributed by atoms with Gasteiger partial charge in [0, 0.05) is 12.3 Å². The van der Waals surface area contributed by atoms with Crippen molar-refractivity contribution in [2.45, 2.75) is 23.8 Å². The Morgan fingerprint density at radius 2 is 1.55 bits per heavy atom. The number of carbonyl (C=O) groups is 2. The predicted octanol–water partition coefficient (Wildman–Crippen LogP) is 2.12. The number of rotatable bonds is 6. The number of hydrogen-bond donors (Lipinski definition) is 1. The van der Waals surface area contributed by atoms with E-state index in [0.717, 1.165) is 10.6 Å². The Morgan fingerprint density at radius 1 is 0.939 bits per heavy atom. The number of esters is 2. The van der Waals surface area contributed by atoms with Crippen molar-refractivity contribution in [1.82, 2.24) is 9.55 Å². The molecule has 1 saturated heterocycles. The van der Waals surface area contributed by atoms with Gasteiger partial charge >= 0.3 is 17.6 Å². The third-order valence-corrected chi connectivity index (χ3v) is 5.50. The molecule has 0 aliphatic carbocycles. The van der Waals surface area contributed by atoms with Crippen molar-refractivity contribution in [1.29, 1.82) is 0 Å². The highest BCUT2D eigenvalue weighted by Crippen LogP contribution is 2.35. The molecular weight excluding hydrogens is 452 g/mol. The molecule has 0 spiro atoms. The van der Waals surface area contributed by atoms with Gasteiger partial charge < -0.3 is 14.2 Å². The lowest BCUT2D eigenvalue weighted by atomic mass is 10.1. The van der Waals surface area contributed by atoms with Gasteiger partial charge in [0.2, 0.25) is 0 Å². The number of hydrogen-bond acceptors (Lipinski definition) is 7. The minimum Gasteiger partial charge on any atom is -0.459 e. The molecule has 1 unspecified atom stereocenters. The van der Waals surface area contributed by atoms with Crippen molar-refractivity contribution in [3.8, 4) is 0 Å². The number of halogens is 1. The van der Waals surface area contributed by atoms with E-state index >= 15 is 0 Å². The Labute approximate surface area is 192 Å².